The molecule has 0 saturated heterocycles. The number of hydrogen-bond donors (Lipinski definition) is 3. The van der Waals surface area contributed by atoms with Gasteiger partial charge in [0.1, 0.15) is 11.5 Å². The third kappa shape index (κ3) is 6.60. The zero-order valence-corrected chi connectivity index (χ0v) is 17.1. The maximum absolute atomic E-state index is 12.9. The monoisotopic (exact) mass is 406 g/mol. The molecule has 2 amide bonds. The molecule has 1 aliphatic rings. The number of aryl methyl sites for hydroxylation is 1. The van der Waals surface area contributed by atoms with Gasteiger partial charge in [-0.15, -0.1) is 0 Å². The first-order valence-electron chi connectivity index (χ1n) is 9.97. The van der Waals surface area contributed by atoms with Gasteiger partial charge in [-0.1, -0.05) is 6.92 Å². The quantitative estimate of drug-likeness (QED) is 0.381. The molecule has 2 rings (SSSR count). The topological polar surface area (TPSA) is 135 Å². The first kappa shape index (κ1) is 22.4. The third-order valence-electron chi connectivity index (χ3n) is 4.34. The summed E-state index contributed by atoms with van der Waals surface area (Å²) >= 11 is 0. The Labute approximate surface area is 170 Å². The molecule has 0 aromatic carbocycles. The Bertz CT molecular complexity index is 765. The van der Waals surface area contributed by atoms with Gasteiger partial charge in [0.2, 0.25) is 0 Å². The number of amides is 2. The van der Waals surface area contributed by atoms with Crippen LogP contribution >= 0.6 is 0 Å². The minimum absolute atomic E-state index is 0.216. The van der Waals surface area contributed by atoms with Crippen molar-refractivity contribution < 1.29 is 19.5 Å². The molecule has 0 spiro atoms. The lowest BCUT2D eigenvalue weighted by molar-refractivity contribution is -0.180. The lowest BCUT2D eigenvalue weighted by Crippen LogP contribution is -2.34. The van der Waals surface area contributed by atoms with Gasteiger partial charge in [-0.05, 0) is 38.7 Å². The largest absolute Gasteiger partial charge is 0.465 e. The van der Waals surface area contributed by atoms with E-state index in [2.05, 4.69) is 15.4 Å². The predicted molar refractivity (Wildman–Crippen MR) is 110 cm³/mol. The fraction of sp³-hybridized carbons (Fsp3) is 0.579. The summed E-state index contributed by atoms with van der Waals surface area (Å²) in [5.41, 5.74) is 7.91. The number of aliphatic imine (C=N–C) groups is 1. The molecule has 0 fully saturated rings. The first-order valence-corrected chi connectivity index (χ1v) is 9.97. The zero-order chi connectivity index (χ0) is 21.2. The van der Waals surface area contributed by atoms with E-state index in [1.165, 1.54) is 5.06 Å². The fourth-order valence-electron chi connectivity index (χ4n) is 3.04. The summed E-state index contributed by atoms with van der Waals surface area (Å²) in [6.45, 7) is 5.79. The average molecular weight is 406 g/mol. The van der Waals surface area contributed by atoms with Gasteiger partial charge in [0, 0.05) is 31.6 Å². The number of aromatic nitrogens is 2. The van der Waals surface area contributed by atoms with Gasteiger partial charge in [0.15, 0.2) is 0 Å². The molecule has 1 aromatic rings. The minimum atomic E-state index is -1.01. The molecule has 160 valence electrons. The Morgan fingerprint density at radius 3 is 2.83 bits per heavy atom. The van der Waals surface area contributed by atoms with Gasteiger partial charge < -0.3 is 16.2 Å². The molecule has 0 saturated carbocycles. The van der Waals surface area contributed by atoms with E-state index in [-0.39, 0.29) is 12.3 Å². The van der Waals surface area contributed by atoms with Crippen LogP contribution in [0, 0.1) is 0 Å². The molecule has 0 atom stereocenters. The first-order chi connectivity index (χ1) is 14.0. The lowest BCUT2D eigenvalue weighted by atomic mass is 10.1. The second-order valence-corrected chi connectivity index (χ2v) is 6.71. The van der Waals surface area contributed by atoms with Gasteiger partial charge in [0.25, 0.3) is 5.91 Å². The van der Waals surface area contributed by atoms with Crippen molar-refractivity contribution >= 4 is 29.6 Å². The smallest absolute Gasteiger partial charge is 0.404 e. The van der Waals surface area contributed by atoms with Crippen molar-refractivity contribution in [1.29, 1.82) is 0 Å². The minimum Gasteiger partial charge on any atom is -0.465 e. The predicted octanol–water partition coefficient (Wildman–Crippen LogP) is 2.29. The zero-order valence-electron chi connectivity index (χ0n) is 17.1. The number of unbranched alkanes of at least 4 members (excludes halogenated alkanes) is 2. The Balaban J connectivity index is 2.11. The summed E-state index contributed by atoms with van der Waals surface area (Å²) in [5.74, 6) is 0.141. The van der Waals surface area contributed by atoms with E-state index in [0.717, 1.165) is 31.4 Å². The lowest BCUT2D eigenvalue weighted by Gasteiger charge is -2.21. The summed E-state index contributed by atoms with van der Waals surface area (Å²) in [5, 5.41) is 16.7. The van der Waals surface area contributed by atoms with E-state index in [1.54, 1.807) is 17.0 Å². The van der Waals surface area contributed by atoms with Crippen LogP contribution in [-0.4, -0.2) is 57.5 Å². The SMILES string of the molecule is CCCN(OCC)C(=O)C1=Cc2c(cnn2CCCCCNC(=O)O)N=C(N)C1. The number of nitrogens with one attached hydrogen (secondary N) is 1. The van der Waals surface area contributed by atoms with Crippen molar-refractivity contribution in [2.75, 3.05) is 19.7 Å². The van der Waals surface area contributed by atoms with Crippen molar-refractivity contribution in [1.82, 2.24) is 20.2 Å². The number of carbonyl (C=O) groups is 2. The number of amidine groups is 1. The second kappa shape index (κ2) is 11.2. The van der Waals surface area contributed by atoms with Crippen molar-refractivity contribution in [3.63, 3.8) is 0 Å². The number of nitrogens with two attached hydrogens (primary N) is 1. The molecule has 2 heterocycles. The van der Waals surface area contributed by atoms with Crippen LogP contribution in [0.15, 0.2) is 16.8 Å². The highest BCUT2D eigenvalue weighted by molar-refractivity contribution is 6.04. The highest BCUT2D eigenvalue weighted by Crippen LogP contribution is 2.27. The highest BCUT2D eigenvalue weighted by Gasteiger charge is 2.23. The van der Waals surface area contributed by atoms with Crippen LogP contribution in [0.1, 0.15) is 51.6 Å². The summed E-state index contributed by atoms with van der Waals surface area (Å²) in [6.07, 6.45) is 5.89. The third-order valence-corrected chi connectivity index (χ3v) is 4.34. The highest BCUT2D eigenvalue weighted by atomic mass is 16.7. The van der Waals surface area contributed by atoms with E-state index in [0.29, 0.717) is 43.3 Å². The number of hydrogen-bond acceptors (Lipinski definition) is 6. The van der Waals surface area contributed by atoms with Gasteiger partial charge in [-0.2, -0.15) is 5.10 Å². The van der Waals surface area contributed by atoms with Crippen LogP contribution in [0.4, 0.5) is 10.5 Å². The molecule has 29 heavy (non-hydrogen) atoms. The van der Waals surface area contributed by atoms with E-state index >= 15 is 0 Å². The van der Waals surface area contributed by atoms with Gasteiger partial charge in [-0.3, -0.25) is 14.3 Å². The van der Waals surface area contributed by atoms with Crippen LogP contribution in [0.2, 0.25) is 0 Å². The van der Waals surface area contributed by atoms with Gasteiger partial charge >= 0.3 is 6.09 Å². The summed E-state index contributed by atoms with van der Waals surface area (Å²) < 4.78 is 1.81. The summed E-state index contributed by atoms with van der Waals surface area (Å²) in [7, 11) is 0. The van der Waals surface area contributed by atoms with Crippen molar-refractivity contribution in [2.24, 2.45) is 10.7 Å². The standard InChI is InChI=1S/C19H30N6O4/c1-3-9-25(29-4-2)18(26)14-11-16-15(23-17(20)12-14)13-22-24(16)10-7-5-6-8-21-19(27)28/h11,13,21H,3-10,12H2,1-2H3,(H2,20,23)(H,27,28). The molecule has 0 bridgehead atoms. The van der Waals surface area contributed by atoms with Crippen molar-refractivity contribution in [3.05, 3.63) is 17.5 Å². The Morgan fingerprint density at radius 2 is 2.14 bits per heavy atom. The number of fused-ring (bicyclic) bond motifs is 1. The molecular weight excluding hydrogens is 376 g/mol. The van der Waals surface area contributed by atoms with Crippen molar-refractivity contribution in [3.8, 4) is 0 Å². The summed E-state index contributed by atoms with van der Waals surface area (Å²) in [4.78, 5) is 33.3. The van der Waals surface area contributed by atoms with Crippen molar-refractivity contribution in [2.45, 2.75) is 52.5 Å². The maximum atomic E-state index is 12.9. The average Bonchev–Trinajstić information content (AvgIpc) is 2.95. The Morgan fingerprint density at radius 1 is 1.34 bits per heavy atom. The van der Waals surface area contributed by atoms with E-state index in [9.17, 15) is 9.59 Å². The van der Waals surface area contributed by atoms with Crippen LogP contribution in [-0.2, 0) is 16.2 Å². The van der Waals surface area contributed by atoms with Crippen LogP contribution in [0.3, 0.4) is 0 Å². The molecule has 1 aliphatic heterocycles. The number of hydroxylamine groups is 2. The van der Waals surface area contributed by atoms with Gasteiger partial charge in [-0.25, -0.2) is 14.9 Å². The van der Waals surface area contributed by atoms with E-state index < -0.39 is 6.09 Å². The molecule has 10 heteroatoms. The molecule has 0 aliphatic carbocycles. The Kier molecular flexibility index (Phi) is 8.66. The fourth-order valence-corrected chi connectivity index (χ4v) is 3.04. The van der Waals surface area contributed by atoms with Gasteiger partial charge in [0.05, 0.1) is 18.5 Å². The van der Waals surface area contributed by atoms with Crippen LogP contribution < -0.4 is 11.1 Å². The summed E-state index contributed by atoms with van der Waals surface area (Å²) in [6, 6.07) is 0. The number of nitrogens with zero attached hydrogens (tertiary/aromatic N) is 4. The Hall–Kier alpha value is -2.88. The number of carboxylic acid groups (broad SMARTS) is 1. The molecule has 0 radical (unpaired) electrons. The second-order valence-electron chi connectivity index (χ2n) is 6.71. The number of carbonyl (C=O) groups excluding carboxylic acids is 1. The number of rotatable bonds is 11. The normalized spacial score (nSPS) is 13.2. The van der Waals surface area contributed by atoms with Crippen LogP contribution in [0.5, 0.6) is 0 Å². The van der Waals surface area contributed by atoms with E-state index in [1.807, 2.05) is 13.8 Å². The molecule has 0 unspecified atom stereocenters. The van der Waals surface area contributed by atoms with Crippen LogP contribution in [0.25, 0.3) is 6.08 Å². The molecule has 4 N–H and O–H groups in total. The maximum Gasteiger partial charge on any atom is 0.404 e. The molecular formula is C19H30N6O4. The molecule has 1 aromatic heterocycles. The van der Waals surface area contributed by atoms with E-state index in [4.69, 9.17) is 15.7 Å². The molecule has 10 nitrogen and oxygen atoms in total.